The van der Waals surface area contributed by atoms with Crippen molar-refractivity contribution >= 4 is 0 Å². The fraction of sp³-hybridized carbons (Fsp3) is 0.455. The Kier molecular flexibility index (Phi) is 2.68. The maximum absolute atomic E-state index is 13.5. The predicted molar refractivity (Wildman–Crippen MR) is 52.9 cm³/mol. The van der Waals surface area contributed by atoms with E-state index in [1.807, 2.05) is 0 Å². The Morgan fingerprint density at radius 1 is 1.43 bits per heavy atom. The van der Waals surface area contributed by atoms with E-state index in [4.69, 9.17) is 0 Å². The number of phenolic OH excluding ortho intramolecular Hbond substituents is 1. The van der Waals surface area contributed by atoms with Gasteiger partial charge in [0.15, 0.2) is 11.6 Å². The van der Waals surface area contributed by atoms with Gasteiger partial charge in [0.1, 0.15) is 0 Å². The molecule has 1 heterocycles. The molecule has 1 unspecified atom stereocenters. The summed E-state index contributed by atoms with van der Waals surface area (Å²) in [5, 5.41) is 12.5. The highest BCUT2D eigenvalue weighted by Gasteiger charge is 2.19. The van der Waals surface area contributed by atoms with E-state index in [2.05, 4.69) is 5.32 Å². The Bertz CT molecular complexity index is 321. The lowest BCUT2D eigenvalue weighted by atomic mass is 9.91. The zero-order valence-electron chi connectivity index (χ0n) is 7.96. The number of aromatic hydroxyl groups is 1. The summed E-state index contributed by atoms with van der Waals surface area (Å²) >= 11 is 0. The first-order chi connectivity index (χ1) is 6.79. The van der Waals surface area contributed by atoms with Crippen LogP contribution in [-0.4, -0.2) is 18.2 Å². The maximum Gasteiger partial charge on any atom is 0.168 e. The molecule has 0 bridgehead atoms. The lowest BCUT2D eigenvalue weighted by molar-refractivity contribution is 0.409. The van der Waals surface area contributed by atoms with Gasteiger partial charge in [0.2, 0.25) is 0 Å². The standard InChI is InChI=1S/C11H14FNO/c12-11-9(4-1-5-10(11)14)8-3-2-6-13-7-8/h1,4-5,8,13-14H,2-3,6-7H2. The predicted octanol–water partition coefficient (Wildman–Crippen LogP) is 2.00. The number of nitrogens with one attached hydrogen (secondary N) is 1. The van der Waals surface area contributed by atoms with Crippen LogP contribution >= 0.6 is 0 Å². The van der Waals surface area contributed by atoms with Gasteiger partial charge in [-0.25, -0.2) is 4.39 Å². The Morgan fingerprint density at radius 3 is 3.00 bits per heavy atom. The Labute approximate surface area is 82.8 Å². The highest BCUT2D eigenvalue weighted by Crippen LogP contribution is 2.29. The van der Waals surface area contributed by atoms with Crippen molar-refractivity contribution in [1.82, 2.24) is 5.32 Å². The van der Waals surface area contributed by atoms with Gasteiger partial charge in [-0.15, -0.1) is 0 Å². The summed E-state index contributed by atoms with van der Waals surface area (Å²) in [4.78, 5) is 0. The Morgan fingerprint density at radius 2 is 2.29 bits per heavy atom. The zero-order chi connectivity index (χ0) is 9.97. The normalized spacial score (nSPS) is 22.2. The van der Waals surface area contributed by atoms with Crippen molar-refractivity contribution in [2.45, 2.75) is 18.8 Å². The van der Waals surface area contributed by atoms with E-state index in [1.54, 1.807) is 12.1 Å². The third kappa shape index (κ3) is 1.73. The SMILES string of the molecule is Oc1cccc(C2CCCNC2)c1F. The van der Waals surface area contributed by atoms with Crippen LogP contribution in [-0.2, 0) is 0 Å². The average Bonchev–Trinajstić information content (AvgIpc) is 2.23. The molecule has 1 aromatic carbocycles. The number of halogens is 1. The van der Waals surface area contributed by atoms with Crippen LogP contribution < -0.4 is 5.32 Å². The van der Waals surface area contributed by atoms with Gasteiger partial charge >= 0.3 is 0 Å². The summed E-state index contributed by atoms with van der Waals surface area (Å²) in [6, 6.07) is 4.84. The van der Waals surface area contributed by atoms with Gasteiger partial charge in [0.05, 0.1) is 0 Å². The second-order valence-electron chi connectivity index (χ2n) is 3.72. The molecular weight excluding hydrogens is 181 g/mol. The minimum absolute atomic E-state index is 0.204. The Hall–Kier alpha value is -1.09. The molecule has 0 radical (unpaired) electrons. The highest BCUT2D eigenvalue weighted by molar-refractivity contribution is 5.32. The number of rotatable bonds is 1. The van der Waals surface area contributed by atoms with E-state index in [1.165, 1.54) is 6.07 Å². The van der Waals surface area contributed by atoms with Crippen LogP contribution in [0.15, 0.2) is 18.2 Å². The smallest absolute Gasteiger partial charge is 0.168 e. The van der Waals surface area contributed by atoms with E-state index in [0.29, 0.717) is 5.56 Å². The molecule has 2 N–H and O–H groups in total. The molecule has 1 aromatic rings. The van der Waals surface area contributed by atoms with Crippen LogP contribution in [0.3, 0.4) is 0 Å². The molecule has 3 heteroatoms. The summed E-state index contributed by atoms with van der Waals surface area (Å²) in [6.45, 7) is 1.82. The van der Waals surface area contributed by atoms with Crippen molar-refractivity contribution in [2.24, 2.45) is 0 Å². The number of piperidine rings is 1. The van der Waals surface area contributed by atoms with Crippen LogP contribution in [0.2, 0.25) is 0 Å². The second kappa shape index (κ2) is 3.96. The third-order valence-electron chi connectivity index (χ3n) is 2.74. The van der Waals surface area contributed by atoms with E-state index < -0.39 is 5.82 Å². The molecule has 14 heavy (non-hydrogen) atoms. The van der Waals surface area contributed by atoms with Crippen LogP contribution in [0.5, 0.6) is 5.75 Å². The molecular formula is C11H14FNO. The van der Waals surface area contributed by atoms with E-state index in [-0.39, 0.29) is 11.7 Å². The van der Waals surface area contributed by atoms with E-state index >= 15 is 0 Å². The Balaban J connectivity index is 2.26. The molecule has 1 fully saturated rings. The quantitative estimate of drug-likeness (QED) is 0.718. The van der Waals surface area contributed by atoms with Crippen LogP contribution in [0.4, 0.5) is 4.39 Å². The van der Waals surface area contributed by atoms with Crippen LogP contribution in [0.25, 0.3) is 0 Å². The lowest BCUT2D eigenvalue weighted by Crippen LogP contribution is -2.28. The average molecular weight is 195 g/mol. The number of phenols is 1. The first-order valence-electron chi connectivity index (χ1n) is 4.97. The first kappa shape index (κ1) is 9.46. The molecule has 1 aliphatic rings. The highest BCUT2D eigenvalue weighted by atomic mass is 19.1. The van der Waals surface area contributed by atoms with Crippen LogP contribution in [0.1, 0.15) is 24.3 Å². The molecule has 76 valence electrons. The zero-order valence-corrected chi connectivity index (χ0v) is 7.96. The van der Waals surface area contributed by atoms with Crippen LogP contribution in [0, 0.1) is 5.82 Å². The summed E-state index contributed by atoms with van der Waals surface area (Å²) in [5.41, 5.74) is 0.636. The minimum atomic E-state index is -0.457. The van der Waals surface area contributed by atoms with Gasteiger partial charge in [-0.05, 0) is 36.9 Å². The van der Waals surface area contributed by atoms with E-state index in [9.17, 15) is 9.50 Å². The molecule has 2 nitrogen and oxygen atoms in total. The van der Waals surface area contributed by atoms with Gasteiger partial charge in [-0.3, -0.25) is 0 Å². The summed E-state index contributed by atoms with van der Waals surface area (Å²) in [7, 11) is 0. The number of benzene rings is 1. The second-order valence-corrected chi connectivity index (χ2v) is 3.72. The number of hydrogen-bond acceptors (Lipinski definition) is 2. The first-order valence-corrected chi connectivity index (χ1v) is 4.97. The summed E-state index contributed by atoms with van der Waals surface area (Å²) < 4.78 is 13.5. The van der Waals surface area contributed by atoms with Crippen molar-refractivity contribution in [3.05, 3.63) is 29.6 Å². The molecule has 0 aromatic heterocycles. The lowest BCUT2D eigenvalue weighted by Gasteiger charge is -2.23. The monoisotopic (exact) mass is 195 g/mol. The maximum atomic E-state index is 13.5. The molecule has 0 amide bonds. The molecule has 2 rings (SSSR count). The molecule has 1 aliphatic heterocycles. The van der Waals surface area contributed by atoms with Gasteiger partial charge in [-0.1, -0.05) is 12.1 Å². The fourth-order valence-corrected chi connectivity index (χ4v) is 1.97. The van der Waals surface area contributed by atoms with Crippen molar-refractivity contribution in [3.8, 4) is 5.75 Å². The summed E-state index contributed by atoms with van der Waals surface area (Å²) in [6.07, 6.45) is 2.06. The molecule has 0 aliphatic carbocycles. The van der Waals surface area contributed by atoms with Crippen molar-refractivity contribution < 1.29 is 9.50 Å². The van der Waals surface area contributed by atoms with Crippen molar-refractivity contribution in [3.63, 3.8) is 0 Å². The largest absolute Gasteiger partial charge is 0.505 e. The minimum Gasteiger partial charge on any atom is -0.505 e. The van der Waals surface area contributed by atoms with Gasteiger partial charge in [0.25, 0.3) is 0 Å². The molecule has 0 spiro atoms. The third-order valence-corrected chi connectivity index (χ3v) is 2.74. The fourth-order valence-electron chi connectivity index (χ4n) is 1.97. The molecule has 1 saturated heterocycles. The van der Waals surface area contributed by atoms with Gasteiger partial charge in [0, 0.05) is 6.54 Å². The summed E-state index contributed by atoms with van der Waals surface area (Å²) in [5.74, 6) is -0.495. The molecule has 1 atom stereocenters. The van der Waals surface area contributed by atoms with E-state index in [0.717, 1.165) is 25.9 Å². The van der Waals surface area contributed by atoms with Gasteiger partial charge in [-0.2, -0.15) is 0 Å². The van der Waals surface area contributed by atoms with Crippen molar-refractivity contribution in [2.75, 3.05) is 13.1 Å². The topological polar surface area (TPSA) is 32.3 Å². The number of hydrogen-bond donors (Lipinski definition) is 2. The molecule has 0 saturated carbocycles. The van der Waals surface area contributed by atoms with Gasteiger partial charge < -0.3 is 10.4 Å². The van der Waals surface area contributed by atoms with Crippen molar-refractivity contribution in [1.29, 1.82) is 0 Å².